The number of hydrogen-bond acceptors (Lipinski definition) is 6. The Labute approximate surface area is 123 Å². The highest BCUT2D eigenvalue weighted by Gasteiger charge is 2.21. The quantitative estimate of drug-likeness (QED) is 0.550. The van der Waals surface area contributed by atoms with E-state index in [0.717, 1.165) is 22.3 Å². The summed E-state index contributed by atoms with van der Waals surface area (Å²) >= 11 is 3.39. The minimum Gasteiger partial charge on any atom is -0.271 e. The van der Waals surface area contributed by atoms with Gasteiger partial charge in [-0.15, -0.1) is 5.10 Å². The van der Waals surface area contributed by atoms with Gasteiger partial charge in [0.1, 0.15) is 0 Å². The monoisotopic (exact) mass is 333 g/mol. The molecule has 1 aromatic carbocycles. The average molecular weight is 334 g/mol. The van der Waals surface area contributed by atoms with Crippen LogP contribution >= 0.6 is 15.9 Å². The third-order valence-corrected chi connectivity index (χ3v) is 3.66. The maximum absolute atomic E-state index is 5.70. The summed E-state index contributed by atoms with van der Waals surface area (Å²) in [6.45, 7) is 0. The lowest BCUT2D eigenvalue weighted by atomic mass is 10.0. The molecule has 0 saturated heterocycles. The number of benzene rings is 1. The van der Waals surface area contributed by atoms with E-state index in [-0.39, 0.29) is 6.04 Å². The molecular formula is C12H12BrN7. The Hall–Kier alpha value is -1.90. The SMILES string of the molecule is Cn1nnc(Br)c1C(NN)c1ccc2nccnc2c1. The van der Waals surface area contributed by atoms with Gasteiger partial charge in [-0.05, 0) is 33.6 Å². The molecule has 0 radical (unpaired) electrons. The van der Waals surface area contributed by atoms with Crippen molar-refractivity contribution in [2.24, 2.45) is 12.9 Å². The first-order valence-corrected chi connectivity index (χ1v) is 6.72. The predicted molar refractivity (Wildman–Crippen MR) is 77.4 cm³/mol. The summed E-state index contributed by atoms with van der Waals surface area (Å²) < 4.78 is 2.33. The molecule has 0 amide bonds. The van der Waals surface area contributed by atoms with Gasteiger partial charge in [0.15, 0.2) is 4.60 Å². The number of nitrogens with one attached hydrogen (secondary N) is 1. The molecule has 3 rings (SSSR count). The maximum atomic E-state index is 5.70. The van der Waals surface area contributed by atoms with E-state index >= 15 is 0 Å². The number of aromatic nitrogens is 5. The molecule has 0 aliphatic rings. The van der Waals surface area contributed by atoms with Crippen molar-refractivity contribution in [3.05, 3.63) is 46.5 Å². The molecule has 7 nitrogen and oxygen atoms in total. The summed E-state index contributed by atoms with van der Waals surface area (Å²) in [4.78, 5) is 8.56. The Morgan fingerprint density at radius 3 is 2.65 bits per heavy atom. The first kappa shape index (κ1) is 13.1. The van der Waals surface area contributed by atoms with Gasteiger partial charge in [-0.2, -0.15) is 0 Å². The van der Waals surface area contributed by atoms with Gasteiger partial charge in [0.25, 0.3) is 0 Å². The molecule has 3 N–H and O–H groups in total. The fourth-order valence-electron chi connectivity index (χ4n) is 2.14. The lowest BCUT2D eigenvalue weighted by Gasteiger charge is -2.16. The van der Waals surface area contributed by atoms with Crippen LogP contribution in [0.4, 0.5) is 0 Å². The molecule has 3 aromatic rings. The standard InChI is InChI=1S/C12H12BrN7/c1-20-11(12(13)18-19-20)10(17-14)7-2-3-8-9(6-7)16-5-4-15-8/h2-6,10,17H,14H2,1H3. The molecule has 8 heteroatoms. The van der Waals surface area contributed by atoms with E-state index in [2.05, 4.69) is 41.6 Å². The minimum atomic E-state index is -0.240. The van der Waals surface area contributed by atoms with Crippen molar-refractivity contribution in [1.82, 2.24) is 30.4 Å². The van der Waals surface area contributed by atoms with Crippen molar-refractivity contribution in [2.45, 2.75) is 6.04 Å². The third kappa shape index (κ3) is 2.17. The molecule has 0 aliphatic carbocycles. The molecule has 0 spiro atoms. The number of fused-ring (bicyclic) bond motifs is 1. The van der Waals surface area contributed by atoms with E-state index in [1.165, 1.54) is 0 Å². The Bertz CT molecular complexity index is 735. The van der Waals surface area contributed by atoms with Crippen LogP contribution in [0.2, 0.25) is 0 Å². The van der Waals surface area contributed by atoms with Gasteiger partial charge >= 0.3 is 0 Å². The smallest absolute Gasteiger partial charge is 0.153 e. The van der Waals surface area contributed by atoms with Crippen LogP contribution in [-0.4, -0.2) is 25.0 Å². The molecule has 0 fully saturated rings. The Balaban J connectivity index is 2.12. The lowest BCUT2D eigenvalue weighted by Crippen LogP contribution is -2.30. The largest absolute Gasteiger partial charge is 0.271 e. The molecule has 102 valence electrons. The van der Waals surface area contributed by atoms with Crippen molar-refractivity contribution in [3.63, 3.8) is 0 Å². The average Bonchev–Trinajstić information content (AvgIpc) is 2.80. The summed E-state index contributed by atoms with van der Waals surface area (Å²) in [5, 5.41) is 7.95. The van der Waals surface area contributed by atoms with Gasteiger partial charge in [-0.1, -0.05) is 11.3 Å². The fourth-order valence-corrected chi connectivity index (χ4v) is 2.69. The number of aryl methyl sites for hydroxylation is 1. The second-order valence-electron chi connectivity index (χ2n) is 4.29. The topological polar surface area (TPSA) is 94.5 Å². The zero-order chi connectivity index (χ0) is 14.1. The van der Waals surface area contributed by atoms with E-state index in [4.69, 9.17) is 5.84 Å². The highest BCUT2D eigenvalue weighted by molar-refractivity contribution is 9.10. The zero-order valence-corrected chi connectivity index (χ0v) is 12.2. The minimum absolute atomic E-state index is 0.240. The van der Waals surface area contributed by atoms with Crippen LogP contribution in [0.3, 0.4) is 0 Å². The zero-order valence-electron chi connectivity index (χ0n) is 10.7. The summed E-state index contributed by atoms with van der Waals surface area (Å²) in [5.74, 6) is 5.70. The fraction of sp³-hybridized carbons (Fsp3) is 0.167. The van der Waals surface area contributed by atoms with Gasteiger partial charge in [0.05, 0.1) is 22.8 Å². The molecule has 1 atom stereocenters. The van der Waals surface area contributed by atoms with Gasteiger partial charge < -0.3 is 0 Å². The third-order valence-electron chi connectivity index (χ3n) is 3.09. The van der Waals surface area contributed by atoms with E-state index in [0.29, 0.717) is 4.60 Å². The number of hydrazine groups is 1. The van der Waals surface area contributed by atoms with Gasteiger partial charge in [0, 0.05) is 19.4 Å². The van der Waals surface area contributed by atoms with Gasteiger partial charge in [-0.3, -0.25) is 15.8 Å². The molecule has 0 aliphatic heterocycles. The van der Waals surface area contributed by atoms with Crippen LogP contribution < -0.4 is 11.3 Å². The second-order valence-corrected chi connectivity index (χ2v) is 5.04. The van der Waals surface area contributed by atoms with Crippen LogP contribution in [0.25, 0.3) is 11.0 Å². The van der Waals surface area contributed by atoms with Crippen LogP contribution in [0.15, 0.2) is 35.2 Å². The Morgan fingerprint density at radius 1 is 1.25 bits per heavy atom. The normalized spacial score (nSPS) is 12.8. The maximum Gasteiger partial charge on any atom is 0.153 e. The van der Waals surface area contributed by atoms with Crippen molar-refractivity contribution >= 4 is 27.0 Å². The van der Waals surface area contributed by atoms with E-state index in [9.17, 15) is 0 Å². The Morgan fingerprint density at radius 2 is 2.00 bits per heavy atom. The van der Waals surface area contributed by atoms with Crippen LogP contribution in [0, 0.1) is 0 Å². The highest BCUT2D eigenvalue weighted by atomic mass is 79.9. The Kier molecular flexibility index (Phi) is 3.43. The number of nitrogens with two attached hydrogens (primary N) is 1. The molecular weight excluding hydrogens is 322 g/mol. The number of nitrogens with zero attached hydrogens (tertiary/aromatic N) is 5. The number of rotatable bonds is 3. The van der Waals surface area contributed by atoms with Crippen LogP contribution in [0.5, 0.6) is 0 Å². The number of halogens is 1. The molecule has 1 unspecified atom stereocenters. The molecule has 0 bridgehead atoms. The first-order chi connectivity index (χ1) is 9.70. The second kappa shape index (κ2) is 5.23. The van der Waals surface area contributed by atoms with Crippen molar-refractivity contribution in [3.8, 4) is 0 Å². The summed E-state index contributed by atoms with van der Waals surface area (Å²) in [5.41, 5.74) is 6.25. The molecule has 2 aromatic heterocycles. The number of hydrogen-bond donors (Lipinski definition) is 2. The first-order valence-electron chi connectivity index (χ1n) is 5.92. The summed E-state index contributed by atoms with van der Waals surface area (Å²) in [6.07, 6.45) is 3.33. The lowest BCUT2D eigenvalue weighted by molar-refractivity contribution is 0.569. The predicted octanol–water partition coefficient (Wildman–Crippen LogP) is 1.07. The highest BCUT2D eigenvalue weighted by Crippen LogP contribution is 2.27. The van der Waals surface area contributed by atoms with Crippen molar-refractivity contribution < 1.29 is 0 Å². The summed E-state index contributed by atoms with van der Waals surface area (Å²) in [6, 6.07) is 5.59. The van der Waals surface area contributed by atoms with Crippen molar-refractivity contribution in [1.29, 1.82) is 0 Å². The summed E-state index contributed by atoms with van der Waals surface area (Å²) in [7, 11) is 1.82. The van der Waals surface area contributed by atoms with Gasteiger partial charge in [-0.25, -0.2) is 10.1 Å². The van der Waals surface area contributed by atoms with Gasteiger partial charge in [0.2, 0.25) is 0 Å². The van der Waals surface area contributed by atoms with Crippen molar-refractivity contribution in [2.75, 3.05) is 0 Å². The molecule has 20 heavy (non-hydrogen) atoms. The van der Waals surface area contributed by atoms with E-state index < -0.39 is 0 Å². The molecule has 0 saturated carbocycles. The molecule has 2 heterocycles. The van der Waals surface area contributed by atoms with Crippen LogP contribution in [0.1, 0.15) is 17.3 Å². The van der Waals surface area contributed by atoms with E-state index in [1.54, 1.807) is 17.1 Å². The van der Waals surface area contributed by atoms with Crippen LogP contribution in [-0.2, 0) is 7.05 Å². The van der Waals surface area contributed by atoms with E-state index in [1.807, 2.05) is 25.2 Å².